The van der Waals surface area contributed by atoms with Crippen LogP contribution in [0.25, 0.3) is 0 Å². The number of ether oxygens (including phenoxy) is 2. The monoisotopic (exact) mass is 340 g/mol. The minimum Gasteiger partial charge on any atom is -0.444 e. The average Bonchev–Trinajstić information content (AvgIpc) is 2.89. The molecule has 0 spiro atoms. The van der Waals surface area contributed by atoms with E-state index in [1.54, 1.807) is 24.3 Å². The highest BCUT2D eigenvalue weighted by Crippen LogP contribution is 2.27. The van der Waals surface area contributed by atoms with Gasteiger partial charge in [-0.1, -0.05) is 42.5 Å². The third-order valence-electron chi connectivity index (χ3n) is 3.72. The van der Waals surface area contributed by atoms with Gasteiger partial charge in [0, 0.05) is 18.3 Å². The molecule has 1 fully saturated rings. The number of carbonyl (C=O) groups excluding carboxylic acids is 3. The predicted molar refractivity (Wildman–Crippen MR) is 88.7 cm³/mol. The van der Waals surface area contributed by atoms with Crippen LogP contribution in [0.1, 0.15) is 17.2 Å². The number of cyclic esters (lactones) is 1. The zero-order chi connectivity index (χ0) is 17.8. The second-order valence-corrected chi connectivity index (χ2v) is 5.47. The minimum atomic E-state index is -0.948. The average molecular weight is 340 g/mol. The van der Waals surface area contributed by atoms with Crippen LogP contribution in [0.3, 0.4) is 0 Å². The highest BCUT2D eigenvalue weighted by molar-refractivity contribution is 6.00. The second-order valence-electron chi connectivity index (χ2n) is 5.47. The summed E-state index contributed by atoms with van der Waals surface area (Å²) in [4.78, 5) is 36.0. The van der Waals surface area contributed by atoms with Gasteiger partial charge in [0.15, 0.2) is 0 Å². The molecule has 0 radical (unpaired) electrons. The Balaban J connectivity index is 1.56. The van der Waals surface area contributed by atoms with Gasteiger partial charge in [0.25, 0.3) is 5.91 Å². The number of rotatable bonds is 4. The number of nitrogens with one attached hydrogen (secondary N) is 1. The molecule has 128 valence electrons. The first kappa shape index (κ1) is 16.5. The van der Waals surface area contributed by atoms with Crippen molar-refractivity contribution in [2.75, 3.05) is 12.4 Å². The fraction of sp³-hybridized carbons (Fsp3) is 0.167. The summed E-state index contributed by atoms with van der Waals surface area (Å²) in [5.74, 6) is -0.423. The Morgan fingerprint density at radius 1 is 1.12 bits per heavy atom. The molecule has 1 saturated heterocycles. The molecule has 0 aliphatic carbocycles. The molecule has 1 N–H and O–H groups in total. The second kappa shape index (κ2) is 7.04. The normalized spacial score (nSPS) is 16.5. The molecular formula is C18H16N2O5. The van der Waals surface area contributed by atoms with E-state index in [1.165, 1.54) is 7.05 Å². The van der Waals surface area contributed by atoms with Gasteiger partial charge in [-0.05, 0) is 17.7 Å². The maximum atomic E-state index is 11.9. The Bertz CT molecular complexity index is 789. The topological polar surface area (TPSA) is 84.9 Å². The fourth-order valence-corrected chi connectivity index (χ4v) is 2.33. The van der Waals surface area contributed by atoms with Crippen LogP contribution in [0.5, 0.6) is 0 Å². The van der Waals surface area contributed by atoms with Crippen molar-refractivity contribution in [3.8, 4) is 0 Å². The molecule has 7 heteroatoms. The Hall–Kier alpha value is -3.35. The molecule has 1 unspecified atom stereocenters. The quantitative estimate of drug-likeness (QED) is 0.924. The Labute approximate surface area is 144 Å². The summed E-state index contributed by atoms with van der Waals surface area (Å²) in [6.45, 7) is 0.170. The van der Waals surface area contributed by atoms with E-state index in [0.717, 1.165) is 10.5 Å². The van der Waals surface area contributed by atoms with Crippen molar-refractivity contribution < 1.29 is 23.9 Å². The molecule has 0 saturated carbocycles. The molecule has 2 aromatic carbocycles. The zero-order valence-electron chi connectivity index (χ0n) is 13.5. The standard InChI is InChI=1S/C18H16N2O5/c1-20-16(21)15(25-18(20)23)13-7-9-14(10-8-13)19-17(22)24-11-12-5-3-2-4-6-12/h2-10,15H,11H2,1H3,(H,19,22). The van der Waals surface area contributed by atoms with Gasteiger partial charge in [-0.2, -0.15) is 0 Å². The largest absolute Gasteiger partial charge is 0.444 e. The number of imide groups is 1. The van der Waals surface area contributed by atoms with Crippen molar-refractivity contribution >= 4 is 23.8 Å². The lowest BCUT2D eigenvalue weighted by Gasteiger charge is -2.10. The third kappa shape index (κ3) is 3.77. The van der Waals surface area contributed by atoms with E-state index in [0.29, 0.717) is 11.3 Å². The molecule has 1 aliphatic rings. The first-order valence-electron chi connectivity index (χ1n) is 7.60. The summed E-state index contributed by atoms with van der Waals surface area (Å²) < 4.78 is 10.1. The summed E-state index contributed by atoms with van der Waals surface area (Å²) in [6, 6.07) is 15.8. The van der Waals surface area contributed by atoms with E-state index >= 15 is 0 Å². The predicted octanol–water partition coefficient (Wildman–Crippen LogP) is 3.09. The van der Waals surface area contributed by atoms with Gasteiger partial charge in [-0.3, -0.25) is 10.1 Å². The van der Waals surface area contributed by atoms with Crippen LogP contribution in [-0.4, -0.2) is 30.0 Å². The first-order chi connectivity index (χ1) is 12.0. The van der Waals surface area contributed by atoms with Crippen LogP contribution in [0.4, 0.5) is 15.3 Å². The van der Waals surface area contributed by atoms with Crippen molar-refractivity contribution in [1.29, 1.82) is 0 Å². The van der Waals surface area contributed by atoms with Crippen LogP contribution >= 0.6 is 0 Å². The molecule has 1 heterocycles. The number of likely N-dealkylation sites (N-methyl/N-ethyl adjacent to an activating group) is 1. The number of anilines is 1. The van der Waals surface area contributed by atoms with Crippen LogP contribution in [0.15, 0.2) is 54.6 Å². The van der Waals surface area contributed by atoms with Crippen LogP contribution in [0, 0.1) is 0 Å². The smallest absolute Gasteiger partial charge is 0.417 e. The minimum absolute atomic E-state index is 0.170. The maximum absolute atomic E-state index is 11.9. The van der Waals surface area contributed by atoms with Crippen LogP contribution < -0.4 is 5.32 Å². The molecule has 1 atom stereocenters. The lowest BCUT2D eigenvalue weighted by atomic mass is 10.1. The SMILES string of the molecule is CN1C(=O)OC(c2ccc(NC(=O)OCc3ccccc3)cc2)C1=O. The molecule has 7 nitrogen and oxygen atoms in total. The molecule has 3 amide bonds. The number of carbonyl (C=O) groups is 3. The van der Waals surface area contributed by atoms with Crippen LogP contribution in [-0.2, 0) is 20.9 Å². The summed E-state index contributed by atoms with van der Waals surface area (Å²) >= 11 is 0. The summed E-state index contributed by atoms with van der Waals surface area (Å²) in [6.07, 6.45) is -2.21. The van der Waals surface area contributed by atoms with Crippen molar-refractivity contribution in [1.82, 2.24) is 4.90 Å². The van der Waals surface area contributed by atoms with Crippen molar-refractivity contribution in [2.45, 2.75) is 12.7 Å². The van der Waals surface area contributed by atoms with Crippen molar-refractivity contribution in [3.63, 3.8) is 0 Å². The van der Waals surface area contributed by atoms with Gasteiger partial charge in [-0.15, -0.1) is 0 Å². The molecule has 0 aromatic heterocycles. The Kier molecular flexibility index (Phi) is 4.65. The van der Waals surface area contributed by atoms with Crippen molar-refractivity contribution in [2.24, 2.45) is 0 Å². The van der Waals surface area contributed by atoms with Crippen LogP contribution in [0.2, 0.25) is 0 Å². The maximum Gasteiger partial charge on any atom is 0.417 e. The highest BCUT2D eigenvalue weighted by atomic mass is 16.6. The van der Waals surface area contributed by atoms with Gasteiger partial charge in [0.05, 0.1) is 0 Å². The summed E-state index contributed by atoms with van der Waals surface area (Å²) in [5, 5.41) is 2.59. The van der Waals surface area contributed by atoms with E-state index < -0.39 is 24.2 Å². The van der Waals surface area contributed by atoms with Gasteiger partial charge >= 0.3 is 12.2 Å². The molecule has 25 heavy (non-hydrogen) atoms. The zero-order valence-corrected chi connectivity index (χ0v) is 13.5. The first-order valence-corrected chi connectivity index (χ1v) is 7.60. The number of hydrogen-bond acceptors (Lipinski definition) is 5. The molecule has 0 bridgehead atoms. The van der Waals surface area contributed by atoms with E-state index in [4.69, 9.17) is 9.47 Å². The lowest BCUT2D eigenvalue weighted by Crippen LogP contribution is -2.24. The lowest BCUT2D eigenvalue weighted by molar-refractivity contribution is -0.129. The number of hydrogen-bond donors (Lipinski definition) is 1. The van der Waals surface area contributed by atoms with Gasteiger partial charge in [-0.25, -0.2) is 14.5 Å². The van der Waals surface area contributed by atoms with E-state index in [-0.39, 0.29) is 6.61 Å². The number of amides is 3. The molecule has 2 aromatic rings. The fourth-order valence-electron chi connectivity index (χ4n) is 2.33. The summed E-state index contributed by atoms with van der Waals surface area (Å²) in [7, 11) is 1.36. The molecule has 1 aliphatic heterocycles. The summed E-state index contributed by atoms with van der Waals surface area (Å²) in [5.41, 5.74) is 1.93. The van der Waals surface area contributed by atoms with Crippen molar-refractivity contribution in [3.05, 3.63) is 65.7 Å². The molecular weight excluding hydrogens is 324 g/mol. The Morgan fingerprint density at radius 2 is 1.80 bits per heavy atom. The third-order valence-corrected chi connectivity index (χ3v) is 3.72. The number of nitrogens with zero attached hydrogens (tertiary/aromatic N) is 1. The highest BCUT2D eigenvalue weighted by Gasteiger charge is 2.38. The Morgan fingerprint density at radius 3 is 2.40 bits per heavy atom. The van der Waals surface area contributed by atoms with Gasteiger partial charge < -0.3 is 9.47 Å². The van der Waals surface area contributed by atoms with Gasteiger partial charge in [0.1, 0.15) is 6.61 Å². The van der Waals surface area contributed by atoms with E-state index in [2.05, 4.69) is 5.32 Å². The molecule has 3 rings (SSSR count). The van der Waals surface area contributed by atoms with Gasteiger partial charge in [0.2, 0.25) is 6.10 Å². The van der Waals surface area contributed by atoms with E-state index in [9.17, 15) is 14.4 Å². The van der Waals surface area contributed by atoms with E-state index in [1.807, 2.05) is 30.3 Å². The number of benzene rings is 2.